The first-order chi connectivity index (χ1) is 17.3. The molecule has 0 spiro atoms. The minimum absolute atomic E-state index is 0.169. The van der Waals surface area contributed by atoms with Gasteiger partial charge in [-0.3, -0.25) is 0 Å². The second kappa shape index (κ2) is 12.0. The van der Waals surface area contributed by atoms with Gasteiger partial charge in [0.05, 0.1) is 19.8 Å². The van der Waals surface area contributed by atoms with E-state index in [-0.39, 0.29) is 30.8 Å². The number of methoxy groups -OCH3 is 2. The van der Waals surface area contributed by atoms with Crippen LogP contribution in [0.4, 0.5) is 11.6 Å². The molecule has 192 valence electrons. The number of carbonyl (C=O) groups is 2. The average Bonchev–Trinajstić information content (AvgIpc) is 3.78. The summed E-state index contributed by atoms with van der Waals surface area (Å²) in [5.74, 6) is 2.27. The van der Waals surface area contributed by atoms with Crippen molar-refractivity contribution >= 4 is 23.6 Å². The number of azide groups is 1. The molecule has 2 N–H and O–H groups in total. The number of aromatic nitrogens is 4. The summed E-state index contributed by atoms with van der Waals surface area (Å²) >= 11 is 0. The predicted octanol–water partition coefficient (Wildman–Crippen LogP) is 2.95. The Morgan fingerprint density at radius 1 is 0.889 bits per heavy atom. The molecule has 14 nitrogen and oxygen atoms in total. The van der Waals surface area contributed by atoms with Crippen LogP contribution in [0.5, 0.6) is 11.8 Å². The highest BCUT2D eigenvalue weighted by atomic mass is 16.6. The maximum atomic E-state index is 11.1. The number of hydrogen-bond donors (Lipinski definition) is 1. The Labute approximate surface area is 207 Å². The third kappa shape index (κ3) is 7.15. The van der Waals surface area contributed by atoms with E-state index < -0.39 is 11.9 Å². The second-order valence-electron chi connectivity index (χ2n) is 8.20. The van der Waals surface area contributed by atoms with Crippen molar-refractivity contribution in [3.8, 4) is 11.8 Å². The van der Waals surface area contributed by atoms with Crippen LogP contribution in [0.1, 0.15) is 60.3 Å². The number of nitrogens with zero attached hydrogens (tertiary/aromatic N) is 7. The molecule has 0 aromatic carbocycles. The van der Waals surface area contributed by atoms with E-state index in [1.54, 1.807) is 13.8 Å². The van der Waals surface area contributed by atoms with Crippen molar-refractivity contribution < 1.29 is 28.5 Å². The zero-order valence-corrected chi connectivity index (χ0v) is 20.6. The van der Waals surface area contributed by atoms with E-state index in [1.807, 2.05) is 0 Å². The fourth-order valence-electron chi connectivity index (χ4n) is 2.87. The van der Waals surface area contributed by atoms with E-state index in [0.717, 1.165) is 25.7 Å². The summed E-state index contributed by atoms with van der Waals surface area (Å²) in [6.45, 7) is 3.03. The van der Waals surface area contributed by atoms with Crippen molar-refractivity contribution in [1.82, 2.24) is 19.9 Å². The standard InChI is InChI=1S/C11H13N5O3.C11H15N3O3/c1-6-9(15-16-12)13-10(7-3-4-7)14-11(6)19-5-8(17)18-2;1-6-9(12)13-10(7-3-4-7)14-11(6)17-5-8(15)16-2/h7H,3-5H2,1-2H3;7H,3-5H2,1-2H3,(H2,12,13,14). The molecule has 0 unspecified atom stereocenters. The van der Waals surface area contributed by atoms with Gasteiger partial charge in [-0.15, -0.1) is 0 Å². The fraction of sp³-hybridized carbons (Fsp3) is 0.545. The van der Waals surface area contributed by atoms with Gasteiger partial charge in [-0.2, -0.15) is 9.97 Å². The Balaban J connectivity index is 0.000000202. The van der Waals surface area contributed by atoms with Crippen LogP contribution in [0.3, 0.4) is 0 Å². The Morgan fingerprint density at radius 3 is 1.81 bits per heavy atom. The Hall–Kier alpha value is -4.19. The number of carbonyl (C=O) groups excluding carboxylic acids is 2. The van der Waals surface area contributed by atoms with Crippen molar-refractivity contribution in [2.45, 2.75) is 51.4 Å². The molecule has 2 fully saturated rings. The van der Waals surface area contributed by atoms with Gasteiger partial charge in [0.25, 0.3) is 0 Å². The molecule has 0 bridgehead atoms. The van der Waals surface area contributed by atoms with Crippen molar-refractivity contribution in [3.63, 3.8) is 0 Å². The highest BCUT2D eigenvalue weighted by Crippen LogP contribution is 2.40. The van der Waals surface area contributed by atoms with Crippen LogP contribution in [0.15, 0.2) is 5.11 Å². The van der Waals surface area contributed by atoms with Gasteiger partial charge in [0.2, 0.25) is 11.8 Å². The SMILES string of the molecule is COC(=O)COc1nc(C2CC2)nc(N)c1C.COC(=O)COc1nc(C2CC2)nc(N=[N+]=[N-])c1C. The van der Waals surface area contributed by atoms with E-state index in [9.17, 15) is 9.59 Å². The van der Waals surface area contributed by atoms with Gasteiger partial charge in [0, 0.05) is 22.3 Å². The smallest absolute Gasteiger partial charge is 0.343 e. The predicted molar refractivity (Wildman–Crippen MR) is 126 cm³/mol. The molecule has 0 radical (unpaired) electrons. The number of nitrogen functional groups attached to an aromatic ring is 1. The van der Waals surface area contributed by atoms with Crippen LogP contribution in [-0.4, -0.2) is 59.3 Å². The average molecular weight is 501 g/mol. The molecule has 36 heavy (non-hydrogen) atoms. The van der Waals surface area contributed by atoms with Gasteiger partial charge in [-0.1, -0.05) is 0 Å². The third-order valence-corrected chi connectivity index (χ3v) is 5.38. The molecule has 14 heteroatoms. The molecular formula is C22H28N8O6. The summed E-state index contributed by atoms with van der Waals surface area (Å²) in [5, 5.41) is 3.52. The van der Waals surface area contributed by atoms with Crippen LogP contribution in [0.2, 0.25) is 0 Å². The second-order valence-corrected chi connectivity index (χ2v) is 8.20. The molecule has 2 aromatic rings. The number of rotatable bonds is 9. The van der Waals surface area contributed by atoms with Crippen molar-refractivity contribution in [3.05, 3.63) is 33.2 Å². The molecule has 0 aliphatic heterocycles. The molecule has 2 heterocycles. The maximum absolute atomic E-state index is 11.1. The van der Waals surface area contributed by atoms with E-state index in [1.165, 1.54) is 14.2 Å². The molecule has 0 saturated heterocycles. The molecule has 2 saturated carbocycles. The number of ether oxygens (including phenoxy) is 4. The monoisotopic (exact) mass is 500 g/mol. The molecule has 0 atom stereocenters. The minimum Gasteiger partial charge on any atom is -0.466 e. The van der Waals surface area contributed by atoms with Crippen LogP contribution in [-0.2, 0) is 19.1 Å². The summed E-state index contributed by atoms with van der Waals surface area (Å²) in [6, 6.07) is 0. The lowest BCUT2D eigenvalue weighted by atomic mass is 10.3. The topological polar surface area (TPSA) is 197 Å². The molecule has 2 aliphatic carbocycles. The highest BCUT2D eigenvalue weighted by molar-refractivity contribution is 5.71. The lowest BCUT2D eigenvalue weighted by Crippen LogP contribution is -2.15. The van der Waals surface area contributed by atoms with Gasteiger partial charge >= 0.3 is 11.9 Å². The zero-order valence-electron chi connectivity index (χ0n) is 20.6. The van der Waals surface area contributed by atoms with Crippen LogP contribution < -0.4 is 15.2 Å². The Bertz CT molecular complexity index is 1180. The summed E-state index contributed by atoms with van der Waals surface area (Å²) in [7, 11) is 2.59. The minimum atomic E-state index is -0.503. The molecule has 4 rings (SSSR count). The lowest BCUT2D eigenvalue weighted by Gasteiger charge is -2.10. The number of anilines is 1. The molecule has 0 amide bonds. The summed E-state index contributed by atoms with van der Waals surface area (Å²) < 4.78 is 19.6. The zero-order chi connectivity index (χ0) is 26.2. The summed E-state index contributed by atoms with van der Waals surface area (Å²) in [4.78, 5) is 41.7. The van der Waals surface area contributed by atoms with E-state index in [0.29, 0.717) is 40.4 Å². The first-order valence-corrected chi connectivity index (χ1v) is 11.2. The van der Waals surface area contributed by atoms with Crippen LogP contribution in [0.25, 0.3) is 10.4 Å². The first kappa shape index (κ1) is 26.4. The van der Waals surface area contributed by atoms with Gasteiger partial charge < -0.3 is 24.7 Å². The van der Waals surface area contributed by atoms with Gasteiger partial charge in [0.1, 0.15) is 23.3 Å². The van der Waals surface area contributed by atoms with E-state index in [2.05, 4.69) is 39.4 Å². The largest absolute Gasteiger partial charge is 0.466 e. The summed E-state index contributed by atoms with van der Waals surface area (Å²) in [6.07, 6.45) is 4.18. The van der Waals surface area contributed by atoms with Crippen molar-refractivity contribution in [2.24, 2.45) is 5.11 Å². The van der Waals surface area contributed by atoms with Gasteiger partial charge in [-0.05, 0) is 50.2 Å². The lowest BCUT2D eigenvalue weighted by molar-refractivity contribution is -0.143. The number of hydrogen-bond acceptors (Lipinski definition) is 12. The summed E-state index contributed by atoms with van der Waals surface area (Å²) in [5.41, 5.74) is 15.5. The third-order valence-electron chi connectivity index (χ3n) is 5.38. The Morgan fingerprint density at radius 2 is 1.36 bits per heavy atom. The maximum Gasteiger partial charge on any atom is 0.343 e. The molecular weight excluding hydrogens is 472 g/mol. The quantitative estimate of drug-likeness (QED) is 0.230. The van der Waals surface area contributed by atoms with Crippen LogP contribution in [0, 0.1) is 13.8 Å². The van der Waals surface area contributed by atoms with Crippen LogP contribution >= 0.6 is 0 Å². The number of nitrogens with two attached hydrogens (primary N) is 1. The molecule has 2 aromatic heterocycles. The van der Waals surface area contributed by atoms with Gasteiger partial charge in [-0.25, -0.2) is 19.6 Å². The highest BCUT2D eigenvalue weighted by Gasteiger charge is 2.29. The van der Waals surface area contributed by atoms with Crippen molar-refractivity contribution in [1.29, 1.82) is 0 Å². The normalized spacial score (nSPS) is 14.0. The van der Waals surface area contributed by atoms with Gasteiger partial charge in [0.15, 0.2) is 13.2 Å². The van der Waals surface area contributed by atoms with Crippen molar-refractivity contribution in [2.75, 3.05) is 33.2 Å². The number of esters is 2. The van der Waals surface area contributed by atoms with E-state index >= 15 is 0 Å². The fourth-order valence-corrected chi connectivity index (χ4v) is 2.87. The Kier molecular flexibility index (Phi) is 8.79. The van der Waals surface area contributed by atoms with E-state index in [4.69, 9.17) is 20.7 Å². The molecule has 2 aliphatic rings. The first-order valence-electron chi connectivity index (χ1n) is 11.2.